The van der Waals surface area contributed by atoms with Gasteiger partial charge >= 0.3 is 5.97 Å². The van der Waals surface area contributed by atoms with Crippen LogP contribution < -0.4 is 5.32 Å². The van der Waals surface area contributed by atoms with E-state index in [4.69, 9.17) is 5.11 Å². The van der Waals surface area contributed by atoms with Crippen LogP contribution in [0.25, 0.3) is 0 Å². The van der Waals surface area contributed by atoms with Crippen LogP contribution in [0.2, 0.25) is 0 Å². The van der Waals surface area contributed by atoms with Gasteiger partial charge in [0.05, 0.1) is 0 Å². The molecule has 1 atom stereocenters. The summed E-state index contributed by atoms with van der Waals surface area (Å²) >= 11 is 3.43. The Morgan fingerprint density at radius 3 is 2.88 bits per heavy atom. The van der Waals surface area contributed by atoms with Gasteiger partial charge < -0.3 is 10.4 Å². The molecule has 0 heterocycles. The molecule has 0 aromatic heterocycles. The minimum absolute atomic E-state index is 0.219. The first kappa shape index (κ1) is 13.2. The smallest absolute Gasteiger partial charge is 0.303 e. The Balaban J connectivity index is 2.57. The first-order valence-corrected chi connectivity index (χ1v) is 6.07. The number of carboxylic acids is 1. The van der Waals surface area contributed by atoms with Crippen LogP contribution >= 0.6 is 15.9 Å². The van der Waals surface area contributed by atoms with Gasteiger partial charge in [-0.1, -0.05) is 28.1 Å². The molecule has 16 heavy (non-hydrogen) atoms. The Bertz CT molecular complexity index is 355. The summed E-state index contributed by atoms with van der Waals surface area (Å²) in [7, 11) is 1.90. The molecule has 0 bridgehead atoms. The molecule has 2 N–H and O–H groups in total. The predicted molar refractivity (Wildman–Crippen MR) is 67.4 cm³/mol. The molecule has 1 aromatic rings. The Hall–Kier alpha value is -0.870. The summed E-state index contributed by atoms with van der Waals surface area (Å²) < 4.78 is 1.04. The van der Waals surface area contributed by atoms with Crippen LogP contribution in [0.15, 0.2) is 28.7 Å². The summed E-state index contributed by atoms with van der Waals surface area (Å²) in [6.07, 6.45) is 1.75. The molecule has 4 heteroatoms. The van der Waals surface area contributed by atoms with Gasteiger partial charge in [0.25, 0.3) is 0 Å². The van der Waals surface area contributed by atoms with E-state index in [1.165, 1.54) is 5.56 Å². The Morgan fingerprint density at radius 2 is 2.31 bits per heavy atom. The summed E-state index contributed by atoms with van der Waals surface area (Å²) in [6.45, 7) is 0. The molecular weight excluding hydrogens is 270 g/mol. The molecule has 0 aliphatic heterocycles. The van der Waals surface area contributed by atoms with Crippen LogP contribution in [-0.2, 0) is 4.79 Å². The first-order chi connectivity index (χ1) is 7.63. The molecule has 1 rings (SSSR count). The monoisotopic (exact) mass is 285 g/mol. The van der Waals surface area contributed by atoms with Gasteiger partial charge in [-0.2, -0.15) is 0 Å². The zero-order chi connectivity index (χ0) is 12.0. The van der Waals surface area contributed by atoms with E-state index in [2.05, 4.69) is 27.3 Å². The maximum atomic E-state index is 10.4. The number of rotatable bonds is 6. The molecule has 88 valence electrons. The van der Waals surface area contributed by atoms with Gasteiger partial charge in [-0.3, -0.25) is 4.79 Å². The third-order valence-electron chi connectivity index (χ3n) is 2.48. The van der Waals surface area contributed by atoms with E-state index in [0.29, 0.717) is 6.42 Å². The first-order valence-electron chi connectivity index (χ1n) is 5.28. The second kappa shape index (κ2) is 6.66. The van der Waals surface area contributed by atoms with Gasteiger partial charge in [0.2, 0.25) is 0 Å². The normalized spacial score (nSPS) is 12.4. The van der Waals surface area contributed by atoms with Crippen LogP contribution in [0.5, 0.6) is 0 Å². The maximum Gasteiger partial charge on any atom is 0.303 e. The minimum atomic E-state index is -0.732. The van der Waals surface area contributed by atoms with E-state index in [-0.39, 0.29) is 12.5 Å². The highest BCUT2D eigenvalue weighted by molar-refractivity contribution is 9.10. The summed E-state index contributed by atoms with van der Waals surface area (Å²) in [5.41, 5.74) is 1.18. The SMILES string of the molecule is CNC(CCCC(=O)O)c1cccc(Br)c1. The molecule has 0 aliphatic rings. The van der Waals surface area contributed by atoms with Crippen molar-refractivity contribution in [3.8, 4) is 0 Å². The molecule has 0 fully saturated rings. The van der Waals surface area contributed by atoms with Crippen molar-refractivity contribution in [3.63, 3.8) is 0 Å². The fourth-order valence-corrected chi connectivity index (χ4v) is 2.08. The van der Waals surface area contributed by atoms with E-state index in [0.717, 1.165) is 10.9 Å². The van der Waals surface area contributed by atoms with E-state index in [1.807, 2.05) is 25.2 Å². The number of carboxylic acid groups (broad SMARTS) is 1. The van der Waals surface area contributed by atoms with Crippen LogP contribution in [0, 0.1) is 0 Å². The van der Waals surface area contributed by atoms with Crippen molar-refractivity contribution in [2.24, 2.45) is 0 Å². The van der Waals surface area contributed by atoms with E-state index < -0.39 is 5.97 Å². The van der Waals surface area contributed by atoms with Crippen molar-refractivity contribution in [2.75, 3.05) is 7.05 Å². The third kappa shape index (κ3) is 4.33. The fourth-order valence-electron chi connectivity index (χ4n) is 1.66. The molecule has 0 saturated carbocycles. The Morgan fingerprint density at radius 1 is 1.56 bits per heavy atom. The minimum Gasteiger partial charge on any atom is -0.481 e. The van der Waals surface area contributed by atoms with Crippen LogP contribution in [0.1, 0.15) is 30.9 Å². The van der Waals surface area contributed by atoms with Gasteiger partial charge in [0, 0.05) is 16.9 Å². The number of hydrogen-bond donors (Lipinski definition) is 2. The largest absolute Gasteiger partial charge is 0.481 e. The summed E-state index contributed by atoms with van der Waals surface area (Å²) in [5.74, 6) is -0.732. The second-order valence-corrected chi connectivity index (χ2v) is 4.60. The van der Waals surface area contributed by atoms with Crippen molar-refractivity contribution in [1.29, 1.82) is 0 Å². The summed E-state index contributed by atoms with van der Waals surface area (Å²) in [4.78, 5) is 10.4. The van der Waals surface area contributed by atoms with E-state index in [1.54, 1.807) is 0 Å². The second-order valence-electron chi connectivity index (χ2n) is 3.68. The van der Waals surface area contributed by atoms with Gasteiger partial charge in [0.15, 0.2) is 0 Å². The zero-order valence-corrected chi connectivity index (χ0v) is 10.8. The molecule has 0 amide bonds. The molecule has 0 aliphatic carbocycles. The number of carbonyl (C=O) groups is 1. The molecular formula is C12H16BrNO2. The Kier molecular flexibility index (Phi) is 5.49. The lowest BCUT2D eigenvalue weighted by Crippen LogP contribution is -2.16. The average molecular weight is 286 g/mol. The van der Waals surface area contributed by atoms with Gasteiger partial charge in [-0.25, -0.2) is 0 Å². The molecule has 1 unspecified atom stereocenters. The van der Waals surface area contributed by atoms with E-state index in [9.17, 15) is 4.79 Å². The fraction of sp³-hybridized carbons (Fsp3) is 0.417. The van der Waals surface area contributed by atoms with Gasteiger partial charge in [-0.15, -0.1) is 0 Å². The van der Waals surface area contributed by atoms with E-state index >= 15 is 0 Å². The van der Waals surface area contributed by atoms with Gasteiger partial charge in [0.1, 0.15) is 0 Å². The standard InChI is InChI=1S/C12H16BrNO2/c1-14-11(6-3-7-12(15)16)9-4-2-5-10(13)8-9/h2,4-5,8,11,14H,3,6-7H2,1H3,(H,15,16). The maximum absolute atomic E-state index is 10.4. The van der Waals surface area contributed by atoms with Crippen LogP contribution in [-0.4, -0.2) is 18.1 Å². The Labute approximate surface area is 104 Å². The highest BCUT2D eigenvalue weighted by Gasteiger charge is 2.09. The van der Waals surface area contributed by atoms with Gasteiger partial charge in [-0.05, 0) is 37.6 Å². The average Bonchev–Trinajstić information content (AvgIpc) is 2.24. The lowest BCUT2D eigenvalue weighted by molar-refractivity contribution is -0.137. The molecule has 0 radical (unpaired) electrons. The number of hydrogen-bond acceptors (Lipinski definition) is 2. The van der Waals surface area contributed by atoms with Crippen molar-refractivity contribution in [1.82, 2.24) is 5.32 Å². The zero-order valence-electron chi connectivity index (χ0n) is 9.24. The number of benzene rings is 1. The summed E-state index contributed by atoms with van der Waals surface area (Å²) in [5, 5.41) is 11.8. The number of nitrogens with one attached hydrogen (secondary N) is 1. The van der Waals surface area contributed by atoms with Crippen molar-refractivity contribution in [2.45, 2.75) is 25.3 Å². The van der Waals surface area contributed by atoms with Crippen LogP contribution in [0.3, 0.4) is 0 Å². The van der Waals surface area contributed by atoms with Crippen molar-refractivity contribution >= 4 is 21.9 Å². The third-order valence-corrected chi connectivity index (χ3v) is 2.98. The molecule has 0 spiro atoms. The van der Waals surface area contributed by atoms with Crippen molar-refractivity contribution in [3.05, 3.63) is 34.3 Å². The molecule has 0 saturated heterocycles. The van der Waals surface area contributed by atoms with Crippen LogP contribution in [0.4, 0.5) is 0 Å². The summed E-state index contributed by atoms with van der Waals surface area (Å²) in [6, 6.07) is 8.29. The molecule has 3 nitrogen and oxygen atoms in total. The quantitative estimate of drug-likeness (QED) is 0.845. The lowest BCUT2D eigenvalue weighted by atomic mass is 10.0. The highest BCUT2D eigenvalue weighted by atomic mass is 79.9. The molecule has 1 aromatic carbocycles. The number of halogens is 1. The number of aliphatic carboxylic acids is 1. The predicted octanol–water partition coefficient (Wildman–Crippen LogP) is 2.96. The van der Waals surface area contributed by atoms with Crippen molar-refractivity contribution < 1.29 is 9.90 Å². The highest BCUT2D eigenvalue weighted by Crippen LogP contribution is 2.22. The lowest BCUT2D eigenvalue weighted by Gasteiger charge is -2.16. The topological polar surface area (TPSA) is 49.3 Å².